The lowest BCUT2D eigenvalue weighted by Crippen LogP contribution is -2.13. The predicted octanol–water partition coefficient (Wildman–Crippen LogP) is 8.19. The number of hydrogen-bond acceptors (Lipinski definition) is 3. The van der Waals surface area contributed by atoms with E-state index in [1.54, 1.807) is 0 Å². The molecular formula is C30H47NO2. The van der Waals surface area contributed by atoms with Gasteiger partial charge in [-0.15, -0.1) is 0 Å². The van der Waals surface area contributed by atoms with Gasteiger partial charge in [0, 0.05) is 24.2 Å². The third-order valence-electron chi connectivity index (χ3n) is 6.56. The van der Waals surface area contributed by atoms with Crippen LogP contribution in [0.3, 0.4) is 0 Å². The Bertz CT molecular complexity index is 721. The lowest BCUT2D eigenvalue weighted by atomic mass is 10.0. The second kappa shape index (κ2) is 16.6. The second-order valence-electron chi connectivity index (χ2n) is 9.57. The van der Waals surface area contributed by atoms with Gasteiger partial charge in [-0.25, -0.2) is 0 Å². The molecule has 33 heavy (non-hydrogen) atoms. The number of benzene rings is 2. The molecule has 184 valence electrons. The molecule has 0 saturated carbocycles. The summed E-state index contributed by atoms with van der Waals surface area (Å²) in [6.45, 7) is 5.69. The van der Waals surface area contributed by atoms with Crippen LogP contribution in [0.5, 0.6) is 11.5 Å². The van der Waals surface area contributed by atoms with Crippen LogP contribution in [0.15, 0.2) is 36.4 Å². The smallest absolute Gasteiger partial charge is 0.120 e. The van der Waals surface area contributed by atoms with Gasteiger partial charge in [-0.2, -0.15) is 0 Å². The zero-order valence-corrected chi connectivity index (χ0v) is 21.2. The highest BCUT2D eigenvalue weighted by molar-refractivity contribution is 5.38. The van der Waals surface area contributed by atoms with Crippen molar-refractivity contribution in [1.82, 2.24) is 5.32 Å². The van der Waals surface area contributed by atoms with Crippen LogP contribution in [-0.4, -0.2) is 10.2 Å². The van der Waals surface area contributed by atoms with E-state index in [1.165, 1.54) is 88.2 Å². The van der Waals surface area contributed by atoms with Crippen molar-refractivity contribution in [2.24, 2.45) is 0 Å². The summed E-state index contributed by atoms with van der Waals surface area (Å²) in [5, 5.41) is 24.0. The maximum atomic E-state index is 10.3. The number of aryl methyl sites for hydroxylation is 2. The molecule has 3 nitrogen and oxygen atoms in total. The molecular weight excluding hydrogens is 406 g/mol. The molecule has 2 aromatic rings. The minimum Gasteiger partial charge on any atom is -0.508 e. The fourth-order valence-corrected chi connectivity index (χ4v) is 4.42. The van der Waals surface area contributed by atoms with Crippen molar-refractivity contribution in [3.05, 3.63) is 58.7 Å². The van der Waals surface area contributed by atoms with Crippen molar-refractivity contribution in [1.29, 1.82) is 0 Å². The summed E-state index contributed by atoms with van der Waals surface area (Å²) in [4.78, 5) is 0. The summed E-state index contributed by atoms with van der Waals surface area (Å²) in [5.74, 6) is 0.686. The van der Waals surface area contributed by atoms with E-state index in [9.17, 15) is 10.2 Å². The minimum atomic E-state index is 0.343. The van der Waals surface area contributed by atoms with E-state index >= 15 is 0 Å². The van der Waals surface area contributed by atoms with E-state index in [0.29, 0.717) is 24.6 Å². The number of rotatable bonds is 18. The number of phenols is 2. The Kier molecular flexibility index (Phi) is 13.7. The topological polar surface area (TPSA) is 52.5 Å². The van der Waals surface area contributed by atoms with Crippen LogP contribution in [0.2, 0.25) is 0 Å². The number of phenolic OH excluding ortho intramolecular Hbond substituents is 2. The van der Waals surface area contributed by atoms with Crippen LogP contribution in [-0.2, 0) is 25.9 Å². The zero-order chi connectivity index (χ0) is 23.7. The fraction of sp³-hybridized carbons (Fsp3) is 0.600. The van der Waals surface area contributed by atoms with E-state index < -0.39 is 0 Å². The molecule has 0 saturated heterocycles. The Hall–Kier alpha value is -2.00. The molecule has 0 aromatic heterocycles. The minimum absolute atomic E-state index is 0.343. The molecule has 0 unspecified atom stereocenters. The number of unbranched alkanes of at least 4 members (excludes halogenated alkanes) is 10. The summed E-state index contributed by atoms with van der Waals surface area (Å²) >= 11 is 0. The number of nitrogens with one attached hydrogen (secondary N) is 1. The van der Waals surface area contributed by atoms with Crippen molar-refractivity contribution in [2.75, 3.05) is 0 Å². The Morgan fingerprint density at radius 3 is 1.36 bits per heavy atom. The van der Waals surface area contributed by atoms with Gasteiger partial charge in [0.05, 0.1) is 0 Å². The van der Waals surface area contributed by atoms with Gasteiger partial charge in [-0.05, 0) is 48.9 Å². The van der Waals surface area contributed by atoms with Gasteiger partial charge < -0.3 is 15.5 Å². The lowest BCUT2D eigenvalue weighted by Gasteiger charge is -2.12. The molecule has 3 N–H and O–H groups in total. The summed E-state index contributed by atoms with van der Waals surface area (Å²) in [6.07, 6.45) is 17.7. The first-order valence-corrected chi connectivity index (χ1v) is 13.5. The highest BCUT2D eigenvalue weighted by atomic mass is 16.3. The molecule has 2 rings (SSSR count). The number of hydrogen-bond donors (Lipinski definition) is 3. The molecule has 0 fully saturated rings. The first kappa shape index (κ1) is 27.2. The quantitative estimate of drug-likeness (QED) is 0.199. The predicted molar refractivity (Wildman–Crippen MR) is 141 cm³/mol. The molecule has 2 aromatic carbocycles. The van der Waals surface area contributed by atoms with Crippen molar-refractivity contribution in [3.8, 4) is 11.5 Å². The first-order valence-electron chi connectivity index (χ1n) is 13.5. The first-order chi connectivity index (χ1) is 16.1. The summed E-state index contributed by atoms with van der Waals surface area (Å²) in [5.41, 5.74) is 4.45. The summed E-state index contributed by atoms with van der Waals surface area (Å²) in [6, 6.07) is 12.0. The van der Waals surface area contributed by atoms with Crippen molar-refractivity contribution < 1.29 is 10.2 Å². The SMILES string of the molecule is CCCCCCCCc1ccc(O)c(CNCc2cc(CCCCCCCC)ccc2O)c1. The van der Waals surface area contributed by atoms with Gasteiger partial charge in [-0.3, -0.25) is 0 Å². The maximum Gasteiger partial charge on any atom is 0.120 e. The number of aromatic hydroxyl groups is 2. The van der Waals surface area contributed by atoms with Crippen LogP contribution in [0.25, 0.3) is 0 Å². The third-order valence-corrected chi connectivity index (χ3v) is 6.56. The van der Waals surface area contributed by atoms with Gasteiger partial charge in [0.2, 0.25) is 0 Å². The fourth-order valence-electron chi connectivity index (χ4n) is 4.42. The highest BCUT2D eigenvalue weighted by Gasteiger charge is 2.06. The van der Waals surface area contributed by atoms with Crippen molar-refractivity contribution in [3.63, 3.8) is 0 Å². The van der Waals surface area contributed by atoms with Crippen molar-refractivity contribution >= 4 is 0 Å². The monoisotopic (exact) mass is 453 g/mol. The lowest BCUT2D eigenvalue weighted by molar-refractivity contribution is 0.458. The normalized spacial score (nSPS) is 11.2. The zero-order valence-electron chi connectivity index (χ0n) is 21.2. The average Bonchev–Trinajstić information content (AvgIpc) is 2.82. The highest BCUT2D eigenvalue weighted by Crippen LogP contribution is 2.22. The molecule has 0 aliphatic rings. The van der Waals surface area contributed by atoms with Crippen LogP contribution >= 0.6 is 0 Å². The van der Waals surface area contributed by atoms with Gasteiger partial charge in [-0.1, -0.05) is 102 Å². The molecule has 3 heteroatoms. The van der Waals surface area contributed by atoms with Crippen LogP contribution in [0.4, 0.5) is 0 Å². The van der Waals surface area contributed by atoms with Gasteiger partial charge in [0.1, 0.15) is 11.5 Å². The molecule has 0 aliphatic carbocycles. The van der Waals surface area contributed by atoms with E-state index in [4.69, 9.17) is 0 Å². The molecule has 0 aliphatic heterocycles. The summed E-state index contributed by atoms with van der Waals surface area (Å²) < 4.78 is 0. The van der Waals surface area contributed by atoms with E-state index in [1.807, 2.05) is 24.3 Å². The average molecular weight is 454 g/mol. The van der Waals surface area contributed by atoms with Crippen molar-refractivity contribution in [2.45, 2.75) is 117 Å². The Morgan fingerprint density at radius 1 is 0.545 bits per heavy atom. The maximum absolute atomic E-state index is 10.3. The van der Waals surface area contributed by atoms with Gasteiger partial charge >= 0.3 is 0 Å². The van der Waals surface area contributed by atoms with E-state index in [-0.39, 0.29) is 0 Å². The van der Waals surface area contributed by atoms with Crippen LogP contribution in [0, 0.1) is 0 Å². The standard InChI is InChI=1S/C30H47NO2/c1-3-5-7-9-11-13-15-25-17-19-29(32)27(21-25)23-31-24-28-22-26(18-20-30(28)33)16-14-12-10-8-6-4-2/h17-22,31-33H,3-16,23-24H2,1-2H3. The van der Waals surface area contributed by atoms with Crippen LogP contribution in [0.1, 0.15) is 113 Å². The largest absolute Gasteiger partial charge is 0.508 e. The Morgan fingerprint density at radius 2 is 0.939 bits per heavy atom. The van der Waals surface area contributed by atoms with Gasteiger partial charge in [0.25, 0.3) is 0 Å². The molecule has 0 heterocycles. The molecule has 0 atom stereocenters. The van der Waals surface area contributed by atoms with E-state index in [2.05, 4.69) is 31.3 Å². The Labute approximate surface area is 202 Å². The van der Waals surface area contributed by atoms with Crippen LogP contribution < -0.4 is 5.32 Å². The molecule has 0 radical (unpaired) electrons. The molecule has 0 amide bonds. The Balaban J connectivity index is 1.78. The third kappa shape index (κ3) is 11.1. The van der Waals surface area contributed by atoms with Gasteiger partial charge in [0.15, 0.2) is 0 Å². The summed E-state index contributed by atoms with van der Waals surface area (Å²) in [7, 11) is 0. The molecule has 0 spiro atoms. The van der Waals surface area contributed by atoms with E-state index in [0.717, 1.165) is 24.0 Å². The second-order valence-corrected chi connectivity index (χ2v) is 9.57. The molecule has 0 bridgehead atoms.